The SMILES string of the molecule is CCC(=O)OCc1ccc(NC(=O)[C@@H](CCCNC(N)=O)NC(=O)[C@H](NCCNC(C)=O)C(C)C)cc1. The molecule has 0 heterocycles. The number of benzene rings is 1. The Kier molecular flexibility index (Phi) is 14.3. The summed E-state index contributed by atoms with van der Waals surface area (Å²) in [6.07, 6.45) is 0.962. The highest BCUT2D eigenvalue weighted by Gasteiger charge is 2.27. The number of hydrogen-bond donors (Lipinski definition) is 6. The van der Waals surface area contributed by atoms with E-state index in [0.717, 1.165) is 5.56 Å². The molecule has 0 bridgehead atoms. The Labute approximate surface area is 217 Å². The summed E-state index contributed by atoms with van der Waals surface area (Å²) < 4.78 is 5.10. The van der Waals surface area contributed by atoms with Crippen LogP contribution in [0.25, 0.3) is 0 Å². The first kappa shape index (κ1) is 31.4. The molecule has 1 rings (SSSR count). The fourth-order valence-corrected chi connectivity index (χ4v) is 3.33. The maximum atomic E-state index is 13.1. The lowest BCUT2D eigenvalue weighted by Gasteiger charge is -2.25. The highest BCUT2D eigenvalue weighted by molar-refractivity contribution is 5.97. The number of hydrogen-bond acceptors (Lipinski definition) is 7. The topological polar surface area (TPSA) is 181 Å². The molecule has 0 saturated carbocycles. The lowest BCUT2D eigenvalue weighted by atomic mass is 10.0. The summed E-state index contributed by atoms with van der Waals surface area (Å²) in [4.78, 5) is 59.5. The van der Waals surface area contributed by atoms with Crippen molar-refractivity contribution in [2.45, 2.75) is 65.6 Å². The molecular formula is C25H40N6O6. The smallest absolute Gasteiger partial charge is 0.312 e. The van der Waals surface area contributed by atoms with Gasteiger partial charge in [0.1, 0.15) is 12.6 Å². The molecular weight excluding hydrogens is 480 g/mol. The molecule has 5 amide bonds. The molecule has 12 heteroatoms. The van der Waals surface area contributed by atoms with Crippen LogP contribution < -0.4 is 32.3 Å². The zero-order valence-corrected chi connectivity index (χ0v) is 22.0. The number of primary amides is 1. The molecule has 0 saturated heterocycles. The van der Waals surface area contributed by atoms with Gasteiger partial charge in [-0.25, -0.2) is 4.79 Å². The number of ether oxygens (including phenoxy) is 1. The van der Waals surface area contributed by atoms with Crippen LogP contribution in [0.1, 0.15) is 52.5 Å². The largest absolute Gasteiger partial charge is 0.461 e. The average molecular weight is 521 g/mol. The van der Waals surface area contributed by atoms with E-state index in [-0.39, 0.29) is 43.3 Å². The summed E-state index contributed by atoms with van der Waals surface area (Å²) in [6, 6.07) is 4.71. The molecule has 1 aromatic rings. The van der Waals surface area contributed by atoms with E-state index in [4.69, 9.17) is 10.5 Å². The lowest BCUT2D eigenvalue weighted by Crippen LogP contribution is -2.54. The summed E-state index contributed by atoms with van der Waals surface area (Å²) >= 11 is 0. The zero-order valence-electron chi connectivity index (χ0n) is 22.0. The number of anilines is 1. The Morgan fingerprint density at radius 1 is 0.946 bits per heavy atom. The Morgan fingerprint density at radius 3 is 2.19 bits per heavy atom. The minimum Gasteiger partial charge on any atom is -0.461 e. The molecule has 0 spiro atoms. The second-order valence-corrected chi connectivity index (χ2v) is 8.85. The third kappa shape index (κ3) is 13.3. The first-order valence-corrected chi connectivity index (χ1v) is 12.4. The molecule has 2 atom stereocenters. The van der Waals surface area contributed by atoms with Gasteiger partial charge in [-0.2, -0.15) is 0 Å². The van der Waals surface area contributed by atoms with Gasteiger partial charge in [-0.15, -0.1) is 0 Å². The Bertz CT molecular complexity index is 905. The van der Waals surface area contributed by atoms with E-state index in [2.05, 4.69) is 26.6 Å². The number of rotatable bonds is 16. The Balaban J connectivity index is 2.83. The van der Waals surface area contributed by atoms with Crippen molar-refractivity contribution in [3.63, 3.8) is 0 Å². The molecule has 0 unspecified atom stereocenters. The minimum absolute atomic E-state index is 0.0769. The predicted molar refractivity (Wildman–Crippen MR) is 139 cm³/mol. The minimum atomic E-state index is -0.870. The van der Waals surface area contributed by atoms with Crippen LogP contribution >= 0.6 is 0 Å². The Morgan fingerprint density at radius 2 is 1.62 bits per heavy atom. The molecule has 37 heavy (non-hydrogen) atoms. The van der Waals surface area contributed by atoms with Crippen LogP contribution in [0.5, 0.6) is 0 Å². The second kappa shape index (κ2) is 16.9. The molecule has 0 aliphatic heterocycles. The molecule has 12 nitrogen and oxygen atoms in total. The molecule has 7 N–H and O–H groups in total. The van der Waals surface area contributed by atoms with Crippen LogP contribution in [0, 0.1) is 5.92 Å². The average Bonchev–Trinajstić information content (AvgIpc) is 2.84. The van der Waals surface area contributed by atoms with Crippen LogP contribution in [0.2, 0.25) is 0 Å². The maximum Gasteiger partial charge on any atom is 0.312 e. The van der Waals surface area contributed by atoms with E-state index in [1.165, 1.54) is 6.92 Å². The van der Waals surface area contributed by atoms with Crippen molar-refractivity contribution < 1.29 is 28.7 Å². The van der Waals surface area contributed by atoms with Gasteiger partial charge < -0.3 is 37.1 Å². The number of carbonyl (C=O) groups excluding carboxylic acids is 5. The van der Waals surface area contributed by atoms with Crippen LogP contribution in [0.15, 0.2) is 24.3 Å². The fourth-order valence-electron chi connectivity index (χ4n) is 3.33. The number of nitrogens with two attached hydrogens (primary N) is 1. The second-order valence-electron chi connectivity index (χ2n) is 8.85. The van der Waals surface area contributed by atoms with Gasteiger partial charge in [0.25, 0.3) is 0 Å². The van der Waals surface area contributed by atoms with Crippen molar-refractivity contribution in [2.24, 2.45) is 11.7 Å². The number of carbonyl (C=O) groups is 5. The van der Waals surface area contributed by atoms with Gasteiger partial charge in [0.15, 0.2) is 0 Å². The van der Waals surface area contributed by atoms with Gasteiger partial charge >= 0.3 is 12.0 Å². The lowest BCUT2D eigenvalue weighted by molar-refractivity contribution is -0.144. The Hall–Kier alpha value is -3.67. The zero-order chi connectivity index (χ0) is 27.8. The summed E-state index contributed by atoms with van der Waals surface area (Å²) in [5.41, 5.74) is 6.38. The van der Waals surface area contributed by atoms with Crippen molar-refractivity contribution in [2.75, 3.05) is 25.0 Å². The molecule has 0 aliphatic carbocycles. The normalized spacial score (nSPS) is 12.2. The number of amides is 5. The third-order valence-electron chi connectivity index (χ3n) is 5.32. The van der Waals surface area contributed by atoms with Crippen molar-refractivity contribution in [3.8, 4) is 0 Å². The van der Waals surface area contributed by atoms with Crippen LogP contribution in [0.3, 0.4) is 0 Å². The van der Waals surface area contributed by atoms with Crippen LogP contribution in [-0.4, -0.2) is 61.4 Å². The van der Waals surface area contributed by atoms with E-state index < -0.39 is 24.0 Å². The monoisotopic (exact) mass is 520 g/mol. The quantitative estimate of drug-likeness (QED) is 0.137. The summed E-state index contributed by atoms with van der Waals surface area (Å²) in [7, 11) is 0. The standard InChI is InChI=1S/C25H40N6O6/c1-5-21(33)37-15-18-8-10-19(11-9-18)30-23(34)20(7-6-12-29-25(26)36)31-24(35)22(16(2)3)28-14-13-27-17(4)32/h8-11,16,20,22,28H,5-7,12-15H2,1-4H3,(H,27,32)(H,30,34)(H,31,35)(H3,26,29,36)/t20-,22-/m1/s1. The fraction of sp³-hybridized carbons (Fsp3) is 0.560. The highest BCUT2D eigenvalue weighted by Crippen LogP contribution is 2.13. The molecule has 1 aromatic carbocycles. The molecule has 0 fully saturated rings. The first-order chi connectivity index (χ1) is 17.5. The molecule has 0 aliphatic rings. The van der Waals surface area contributed by atoms with Gasteiger partial charge in [0.05, 0.1) is 6.04 Å². The van der Waals surface area contributed by atoms with E-state index in [1.807, 2.05) is 13.8 Å². The van der Waals surface area contributed by atoms with E-state index in [1.54, 1.807) is 31.2 Å². The van der Waals surface area contributed by atoms with Crippen molar-refractivity contribution in [1.29, 1.82) is 0 Å². The summed E-state index contributed by atoms with van der Waals surface area (Å²) in [6.45, 7) is 8.02. The van der Waals surface area contributed by atoms with Gasteiger partial charge in [0, 0.05) is 38.7 Å². The third-order valence-corrected chi connectivity index (χ3v) is 5.32. The van der Waals surface area contributed by atoms with Gasteiger partial charge in [-0.3, -0.25) is 19.2 Å². The molecule has 0 radical (unpaired) electrons. The number of urea groups is 1. The summed E-state index contributed by atoms with van der Waals surface area (Å²) in [5, 5.41) is 13.8. The van der Waals surface area contributed by atoms with Crippen molar-refractivity contribution in [3.05, 3.63) is 29.8 Å². The first-order valence-electron chi connectivity index (χ1n) is 12.4. The van der Waals surface area contributed by atoms with E-state index in [0.29, 0.717) is 31.6 Å². The van der Waals surface area contributed by atoms with E-state index in [9.17, 15) is 24.0 Å². The van der Waals surface area contributed by atoms with Gasteiger partial charge in [-0.05, 0) is 36.5 Å². The predicted octanol–water partition coefficient (Wildman–Crippen LogP) is 0.762. The van der Waals surface area contributed by atoms with Gasteiger partial charge in [-0.1, -0.05) is 32.9 Å². The van der Waals surface area contributed by atoms with Gasteiger partial charge in [0.2, 0.25) is 17.7 Å². The highest BCUT2D eigenvalue weighted by atomic mass is 16.5. The maximum absolute atomic E-state index is 13.1. The molecule has 0 aromatic heterocycles. The number of esters is 1. The van der Waals surface area contributed by atoms with E-state index >= 15 is 0 Å². The van der Waals surface area contributed by atoms with Crippen LogP contribution in [-0.2, 0) is 30.5 Å². The van der Waals surface area contributed by atoms with Crippen LogP contribution in [0.4, 0.5) is 10.5 Å². The number of nitrogens with one attached hydrogen (secondary N) is 5. The van der Waals surface area contributed by atoms with Crippen molar-refractivity contribution >= 4 is 35.4 Å². The summed E-state index contributed by atoms with van der Waals surface area (Å²) in [5.74, 6) is -1.31. The molecule has 206 valence electrons. The van der Waals surface area contributed by atoms with Crippen molar-refractivity contribution in [1.82, 2.24) is 21.3 Å².